The Kier molecular flexibility index (Phi) is 3.25. The molecule has 0 radical (unpaired) electrons. The van der Waals surface area contributed by atoms with Crippen LogP contribution in [0.2, 0.25) is 0 Å². The molecule has 5 heteroatoms. The van der Waals surface area contributed by atoms with Crippen LogP contribution in [-0.4, -0.2) is 35.5 Å². The van der Waals surface area contributed by atoms with E-state index in [0.29, 0.717) is 4.47 Å². The van der Waals surface area contributed by atoms with Crippen molar-refractivity contribution in [3.63, 3.8) is 0 Å². The summed E-state index contributed by atoms with van der Waals surface area (Å²) in [4.78, 5) is 9.62. The first-order valence-electron chi connectivity index (χ1n) is 5.04. The number of aromatic amines is 1. The zero-order valence-corrected chi connectivity index (χ0v) is 10.8. The van der Waals surface area contributed by atoms with E-state index in [-0.39, 0.29) is 5.82 Å². The predicted octanol–water partition coefficient (Wildman–Crippen LogP) is 2.57. The van der Waals surface area contributed by atoms with Gasteiger partial charge in [-0.1, -0.05) is 0 Å². The maximum Gasteiger partial charge on any atom is 0.139 e. The van der Waals surface area contributed by atoms with Gasteiger partial charge in [0.05, 0.1) is 15.5 Å². The highest BCUT2D eigenvalue weighted by Crippen LogP contribution is 2.21. The van der Waals surface area contributed by atoms with Crippen LogP contribution in [0.5, 0.6) is 0 Å². The van der Waals surface area contributed by atoms with Gasteiger partial charge in [-0.2, -0.15) is 0 Å². The second-order valence-electron chi connectivity index (χ2n) is 4.02. The van der Waals surface area contributed by atoms with Gasteiger partial charge in [-0.3, -0.25) is 0 Å². The monoisotopic (exact) mass is 285 g/mol. The van der Waals surface area contributed by atoms with Crippen molar-refractivity contribution in [2.24, 2.45) is 0 Å². The number of hydrogen-bond donors (Lipinski definition) is 1. The fourth-order valence-corrected chi connectivity index (χ4v) is 1.84. The van der Waals surface area contributed by atoms with E-state index in [2.05, 4.69) is 30.8 Å². The summed E-state index contributed by atoms with van der Waals surface area (Å²) in [5.74, 6) is 0.622. The summed E-state index contributed by atoms with van der Waals surface area (Å²) in [5.41, 5.74) is 1.54. The number of hydrogen-bond acceptors (Lipinski definition) is 2. The molecular formula is C11H13BrFN3. The van der Waals surface area contributed by atoms with Crippen molar-refractivity contribution < 1.29 is 4.39 Å². The molecule has 1 aromatic carbocycles. The average molecular weight is 286 g/mol. The number of benzene rings is 1. The second kappa shape index (κ2) is 4.51. The summed E-state index contributed by atoms with van der Waals surface area (Å²) in [6.45, 7) is 0.920. The Balaban J connectivity index is 2.29. The lowest BCUT2D eigenvalue weighted by molar-refractivity contribution is 0.410. The van der Waals surface area contributed by atoms with Crippen molar-refractivity contribution in [3.8, 4) is 0 Å². The summed E-state index contributed by atoms with van der Waals surface area (Å²) in [5, 5.41) is 0. The van der Waals surface area contributed by atoms with Gasteiger partial charge in [0.25, 0.3) is 0 Å². The Hall–Kier alpha value is -0.940. The van der Waals surface area contributed by atoms with E-state index in [1.54, 1.807) is 6.07 Å². The summed E-state index contributed by atoms with van der Waals surface area (Å²) >= 11 is 3.15. The summed E-state index contributed by atoms with van der Waals surface area (Å²) in [6.07, 6.45) is 0.834. The molecule has 0 aliphatic heterocycles. The van der Waals surface area contributed by atoms with Gasteiger partial charge in [0, 0.05) is 19.0 Å². The van der Waals surface area contributed by atoms with Crippen LogP contribution in [0.3, 0.4) is 0 Å². The van der Waals surface area contributed by atoms with Gasteiger partial charge < -0.3 is 9.88 Å². The molecule has 0 aliphatic rings. The molecule has 0 bridgehead atoms. The molecule has 0 atom stereocenters. The van der Waals surface area contributed by atoms with Crippen molar-refractivity contribution in [1.82, 2.24) is 14.9 Å². The Bertz CT molecular complexity index is 468. The van der Waals surface area contributed by atoms with Gasteiger partial charge in [0.1, 0.15) is 11.6 Å². The number of aromatic nitrogens is 2. The van der Waals surface area contributed by atoms with Crippen molar-refractivity contribution in [1.29, 1.82) is 0 Å². The van der Waals surface area contributed by atoms with E-state index >= 15 is 0 Å². The molecule has 0 saturated carbocycles. The lowest BCUT2D eigenvalue weighted by Crippen LogP contribution is -2.15. The summed E-state index contributed by atoms with van der Waals surface area (Å²) in [6, 6.07) is 3.16. The standard InChI is InChI=1S/C11H13BrFN3/c1-16(2)4-3-11-14-9-5-7(12)8(13)6-10(9)15-11/h5-6H,3-4H2,1-2H3,(H,14,15). The molecule has 16 heavy (non-hydrogen) atoms. The van der Waals surface area contributed by atoms with Gasteiger partial charge in [-0.05, 0) is 36.1 Å². The van der Waals surface area contributed by atoms with Crippen molar-refractivity contribution in [2.45, 2.75) is 6.42 Å². The highest BCUT2D eigenvalue weighted by molar-refractivity contribution is 9.10. The number of imidazole rings is 1. The molecule has 0 aliphatic carbocycles. The first-order valence-corrected chi connectivity index (χ1v) is 5.84. The molecule has 0 fully saturated rings. The second-order valence-corrected chi connectivity index (χ2v) is 4.87. The molecule has 0 amide bonds. The molecule has 1 N–H and O–H groups in total. The highest BCUT2D eigenvalue weighted by atomic mass is 79.9. The Morgan fingerprint density at radius 2 is 2.19 bits per heavy atom. The lowest BCUT2D eigenvalue weighted by Gasteiger charge is -2.06. The van der Waals surface area contributed by atoms with Crippen molar-refractivity contribution >= 4 is 27.0 Å². The normalized spacial score (nSPS) is 11.6. The first-order chi connectivity index (χ1) is 7.56. The maximum atomic E-state index is 13.3. The predicted molar refractivity (Wildman–Crippen MR) is 66.0 cm³/mol. The molecule has 2 rings (SSSR count). The fraction of sp³-hybridized carbons (Fsp3) is 0.364. The molecule has 0 spiro atoms. The van der Waals surface area contributed by atoms with Crippen LogP contribution in [0.15, 0.2) is 16.6 Å². The number of H-pyrrole nitrogens is 1. The van der Waals surface area contributed by atoms with Gasteiger partial charge in [-0.15, -0.1) is 0 Å². The minimum Gasteiger partial charge on any atom is -0.342 e. The van der Waals surface area contributed by atoms with Crippen LogP contribution >= 0.6 is 15.9 Å². The zero-order chi connectivity index (χ0) is 11.7. The van der Waals surface area contributed by atoms with E-state index in [1.165, 1.54) is 6.07 Å². The molecule has 3 nitrogen and oxygen atoms in total. The van der Waals surface area contributed by atoms with Gasteiger partial charge >= 0.3 is 0 Å². The van der Waals surface area contributed by atoms with Crippen LogP contribution in [0.25, 0.3) is 11.0 Å². The fourth-order valence-electron chi connectivity index (χ4n) is 1.51. The van der Waals surface area contributed by atoms with Crippen LogP contribution in [-0.2, 0) is 6.42 Å². The van der Waals surface area contributed by atoms with Crippen LogP contribution in [0.4, 0.5) is 4.39 Å². The number of fused-ring (bicyclic) bond motifs is 1. The number of likely N-dealkylation sites (N-methyl/N-ethyl adjacent to an activating group) is 1. The minimum absolute atomic E-state index is 0.268. The lowest BCUT2D eigenvalue weighted by atomic mass is 10.3. The van der Waals surface area contributed by atoms with Gasteiger partial charge in [0.2, 0.25) is 0 Å². The molecule has 86 valence electrons. The number of rotatable bonds is 3. The number of nitrogens with one attached hydrogen (secondary N) is 1. The quantitative estimate of drug-likeness (QED) is 0.940. The van der Waals surface area contributed by atoms with Gasteiger partial charge in [0.15, 0.2) is 0 Å². The topological polar surface area (TPSA) is 31.9 Å². The third-order valence-electron chi connectivity index (χ3n) is 2.37. The summed E-state index contributed by atoms with van der Waals surface area (Å²) < 4.78 is 13.7. The van der Waals surface area contributed by atoms with Crippen molar-refractivity contribution in [2.75, 3.05) is 20.6 Å². The molecule has 1 aromatic heterocycles. The smallest absolute Gasteiger partial charge is 0.139 e. The molecule has 0 saturated heterocycles. The Morgan fingerprint density at radius 1 is 1.44 bits per heavy atom. The molecule has 2 aromatic rings. The van der Waals surface area contributed by atoms with E-state index < -0.39 is 0 Å². The summed E-state index contributed by atoms with van der Waals surface area (Å²) in [7, 11) is 4.03. The van der Waals surface area contributed by atoms with Gasteiger partial charge in [-0.25, -0.2) is 9.37 Å². The van der Waals surface area contributed by atoms with Crippen molar-refractivity contribution in [3.05, 3.63) is 28.2 Å². The Morgan fingerprint density at radius 3 is 2.88 bits per heavy atom. The van der Waals surface area contributed by atoms with E-state index in [0.717, 1.165) is 29.8 Å². The minimum atomic E-state index is -0.268. The van der Waals surface area contributed by atoms with Crippen LogP contribution < -0.4 is 0 Å². The third-order valence-corrected chi connectivity index (χ3v) is 2.98. The molecular weight excluding hydrogens is 273 g/mol. The largest absolute Gasteiger partial charge is 0.342 e. The first kappa shape index (κ1) is 11.5. The SMILES string of the molecule is CN(C)CCc1nc2cc(Br)c(F)cc2[nH]1. The number of nitrogens with zero attached hydrogens (tertiary/aromatic N) is 2. The van der Waals surface area contributed by atoms with E-state index in [4.69, 9.17) is 0 Å². The highest BCUT2D eigenvalue weighted by Gasteiger charge is 2.07. The number of halogens is 2. The average Bonchev–Trinajstić information content (AvgIpc) is 2.58. The van der Waals surface area contributed by atoms with Crippen LogP contribution in [0.1, 0.15) is 5.82 Å². The Labute approximate surface area is 102 Å². The molecule has 1 heterocycles. The van der Waals surface area contributed by atoms with E-state index in [1.807, 2.05) is 14.1 Å². The third kappa shape index (κ3) is 2.41. The van der Waals surface area contributed by atoms with Crippen LogP contribution in [0, 0.1) is 5.82 Å². The molecule has 0 unspecified atom stereocenters. The van der Waals surface area contributed by atoms with E-state index in [9.17, 15) is 4.39 Å². The maximum absolute atomic E-state index is 13.3. The zero-order valence-electron chi connectivity index (χ0n) is 9.22.